The van der Waals surface area contributed by atoms with Gasteiger partial charge in [-0.15, -0.1) is 0 Å². The third-order valence-electron chi connectivity index (χ3n) is 5.45. The fourth-order valence-corrected chi connectivity index (χ4v) is 3.94. The highest BCUT2D eigenvalue weighted by Crippen LogP contribution is 2.40. The van der Waals surface area contributed by atoms with Gasteiger partial charge in [-0.1, -0.05) is 0 Å². The SMILES string of the molecule is CC(C)Oc1ccc(N2CCC(C(N)=C3C(=N)NC(=O)[C@H](O)C3C(F)(F)F)CC2)cn1. The second-order valence-corrected chi connectivity index (χ2v) is 7.98. The van der Waals surface area contributed by atoms with Crippen LogP contribution in [-0.4, -0.2) is 53.3 Å². The van der Waals surface area contributed by atoms with Gasteiger partial charge in [0.25, 0.3) is 5.91 Å². The zero-order chi connectivity index (χ0) is 22.9. The molecule has 1 aromatic heterocycles. The number of ether oxygens (including phenoxy) is 1. The molecule has 0 saturated carbocycles. The average molecular weight is 441 g/mol. The molecule has 3 heterocycles. The Bertz CT molecular complexity index is 862. The van der Waals surface area contributed by atoms with Crippen molar-refractivity contribution in [2.24, 2.45) is 17.6 Å². The van der Waals surface area contributed by atoms with E-state index >= 15 is 0 Å². The second kappa shape index (κ2) is 8.74. The number of hydrogen-bond acceptors (Lipinski definition) is 7. The highest BCUT2D eigenvalue weighted by molar-refractivity contribution is 6.11. The van der Waals surface area contributed by atoms with E-state index in [1.54, 1.807) is 12.3 Å². The lowest BCUT2D eigenvalue weighted by atomic mass is 9.81. The van der Waals surface area contributed by atoms with Gasteiger partial charge in [0.2, 0.25) is 5.88 Å². The van der Waals surface area contributed by atoms with E-state index in [2.05, 4.69) is 4.98 Å². The van der Waals surface area contributed by atoms with Crippen LogP contribution < -0.4 is 20.7 Å². The van der Waals surface area contributed by atoms with Crippen LogP contribution in [0, 0.1) is 17.2 Å². The molecule has 2 aliphatic heterocycles. The minimum atomic E-state index is -4.91. The molecule has 1 amide bonds. The van der Waals surface area contributed by atoms with E-state index in [1.165, 1.54) is 0 Å². The molecule has 2 atom stereocenters. The lowest BCUT2D eigenvalue weighted by Gasteiger charge is -2.37. The molecule has 2 aliphatic rings. The van der Waals surface area contributed by atoms with Crippen LogP contribution in [-0.2, 0) is 4.79 Å². The Morgan fingerprint density at radius 2 is 2.00 bits per heavy atom. The van der Waals surface area contributed by atoms with Crippen LogP contribution in [0.3, 0.4) is 0 Å². The first-order valence-corrected chi connectivity index (χ1v) is 10.0. The maximum atomic E-state index is 13.6. The molecule has 2 fully saturated rings. The third kappa shape index (κ3) is 4.92. The van der Waals surface area contributed by atoms with E-state index in [0.29, 0.717) is 31.8 Å². The first-order chi connectivity index (χ1) is 14.5. The first-order valence-electron chi connectivity index (χ1n) is 10.0. The maximum absolute atomic E-state index is 13.6. The van der Waals surface area contributed by atoms with Gasteiger partial charge in [-0.05, 0) is 32.8 Å². The van der Waals surface area contributed by atoms with E-state index in [9.17, 15) is 23.1 Å². The fraction of sp³-hybridized carbons (Fsp3) is 0.550. The van der Waals surface area contributed by atoms with Crippen molar-refractivity contribution in [2.75, 3.05) is 18.0 Å². The number of carbonyl (C=O) groups is 1. The smallest absolute Gasteiger partial charge is 0.398 e. The molecule has 1 unspecified atom stereocenters. The molecule has 0 aliphatic carbocycles. The van der Waals surface area contributed by atoms with Crippen LogP contribution in [0.25, 0.3) is 0 Å². The summed E-state index contributed by atoms with van der Waals surface area (Å²) in [6, 6.07) is 3.63. The van der Waals surface area contributed by atoms with Gasteiger partial charge in [-0.3, -0.25) is 10.2 Å². The number of nitrogens with one attached hydrogen (secondary N) is 2. The van der Waals surface area contributed by atoms with Crippen molar-refractivity contribution < 1.29 is 27.8 Å². The van der Waals surface area contributed by atoms with Gasteiger partial charge in [0, 0.05) is 36.3 Å². The number of carbonyl (C=O) groups excluding carboxylic acids is 1. The molecule has 1 aromatic rings. The number of allylic oxidation sites excluding steroid dienone is 1. The number of halogens is 3. The fourth-order valence-electron chi connectivity index (χ4n) is 3.94. The Balaban J connectivity index is 1.75. The summed E-state index contributed by atoms with van der Waals surface area (Å²) in [5.74, 6) is -4.37. The Morgan fingerprint density at radius 1 is 1.35 bits per heavy atom. The van der Waals surface area contributed by atoms with Crippen molar-refractivity contribution in [1.29, 1.82) is 5.41 Å². The summed E-state index contributed by atoms with van der Waals surface area (Å²) in [6.45, 7) is 4.87. The van der Waals surface area contributed by atoms with Gasteiger partial charge >= 0.3 is 6.18 Å². The molecule has 170 valence electrons. The van der Waals surface area contributed by atoms with Gasteiger partial charge in [0.1, 0.15) is 17.9 Å². The number of amides is 1. The largest absolute Gasteiger partial charge is 0.475 e. The van der Waals surface area contributed by atoms with E-state index < -0.39 is 41.4 Å². The number of nitrogens with two attached hydrogens (primary N) is 1. The van der Waals surface area contributed by atoms with Crippen LogP contribution in [0.4, 0.5) is 18.9 Å². The van der Waals surface area contributed by atoms with E-state index in [4.69, 9.17) is 15.9 Å². The minimum absolute atomic E-state index is 0.00690. The number of amidine groups is 1. The van der Waals surface area contributed by atoms with Crippen molar-refractivity contribution in [1.82, 2.24) is 10.3 Å². The lowest BCUT2D eigenvalue weighted by Crippen LogP contribution is -2.56. The monoisotopic (exact) mass is 441 g/mol. The van der Waals surface area contributed by atoms with Crippen LogP contribution in [0.1, 0.15) is 26.7 Å². The van der Waals surface area contributed by atoms with E-state index in [1.807, 2.05) is 30.1 Å². The number of alkyl halides is 3. The molecule has 11 heteroatoms. The van der Waals surface area contributed by atoms with Gasteiger partial charge in [-0.2, -0.15) is 13.2 Å². The molecule has 2 saturated heterocycles. The van der Waals surface area contributed by atoms with Crippen molar-refractivity contribution >= 4 is 17.4 Å². The Labute approximate surface area is 177 Å². The summed E-state index contributed by atoms with van der Waals surface area (Å²) < 4.78 is 46.2. The summed E-state index contributed by atoms with van der Waals surface area (Å²) in [5.41, 5.74) is 6.30. The Hall–Kier alpha value is -2.82. The molecular weight excluding hydrogens is 415 g/mol. The van der Waals surface area contributed by atoms with Gasteiger partial charge in [-0.25, -0.2) is 4.98 Å². The summed E-state index contributed by atoms with van der Waals surface area (Å²) in [5, 5.41) is 19.7. The number of hydrogen-bond donors (Lipinski definition) is 4. The van der Waals surface area contributed by atoms with Crippen LogP contribution in [0.2, 0.25) is 0 Å². The van der Waals surface area contributed by atoms with Crippen molar-refractivity contribution in [3.63, 3.8) is 0 Å². The normalized spacial score (nSPS) is 24.9. The van der Waals surface area contributed by atoms with Gasteiger partial charge in [0.05, 0.1) is 18.0 Å². The molecule has 0 aromatic carbocycles. The topological polar surface area (TPSA) is 125 Å². The number of rotatable bonds is 4. The lowest BCUT2D eigenvalue weighted by molar-refractivity contribution is -0.191. The zero-order valence-corrected chi connectivity index (χ0v) is 17.2. The van der Waals surface area contributed by atoms with Crippen LogP contribution in [0.15, 0.2) is 29.6 Å². The number of piperidine rings is 2. The Kier molecular flexibility index (Phi) is 6.44. The summed E-state index contributed by atoms with van der Waals surface area (Å²) in [7, 11) is 0. The molecule has 5 N–H and O–H groups in total. The van der Waals surface area contributed by atoms with Crippen molar-refractivity contribution in [3.05, 3.63) is 29.6 Å². The van der Waals surface area contributed by atoms with Crippen molar-refractivity contribution in [3.8, 4) is 5.88 Å². The zero-order valence-electron chi connectivity index (χ0n) is 17.2. The molecule has 31 heavy (non-hydrogen) atoms. The van der Waals surface area contributed by atoms with E-state index in [0.717, 1.165) is 5.69 Å². The minimum Gasteiger partial charge on any atom is -0.475 e. The number of aromatic nitrogens is 1. The maximum Gasteiger partial charge on any atom is 0.398 e. The predicted octanol–water partition coefficient (Wildman–Crippen LogP) is 1.94. The molecular formula is C20H26F3N5O3. The first kappa shape index (κ1) is 22.9. The van der Waals surface area contributed by atoms with Crippen LogP contribution >= 0.6 is 0 Å². The number of nitrogens with zero attached hydrogens (tertiary/aromatic N) is 2. The predicted molar refractivity (Wildman–Crippen MR) is 108 cm³/mol. The van der Waals surface area contributed by atoms with Gasteiger partial charge < -0.3 is 25.8 Å². The summed E-state index contributed by atoms with van der Waals surface area (Å²) in [4.78, 5) is 17.9. The summed E-state index contributed by atoms with van der Waals surface area (Å²) >= 11 is 0. The second-order valence-electron chi connectivity index (χ2n) is 7.98. The number of anilines is 1. The average Bonchev–Trinajstić information content (AvgIpc) is 2.69. The Morgan fingerprint density at radius 3 is 2.52 bits per heavy atom. The molecule has 0 radical (unpaired) electrons. The highest BCUT2D eigenvalue weighted by atomic mass is 19.4. The molecule has 0 bridgehead atoms. The number of aliphatic hydroxyl groups is 1. The number of aliphatic hydroxyl groups excluding tert-OH is 1. The molecule has 0 spiro atoms. The molecule has 8 nitrogen and oxygen atoms in total. The van der Waals surface area contributed by atoms with E-state index in [-0.39, 0.29) is 11.8 Å². The van der Waals surface area contributed by atoms with Gasteiger partial charge in [0.15, 0.2) is 0 Å². The summed E-state index contributed by atoms with van der Waals surface area (Å²) in [6.07, 6.45) is -4.63. The highest BCUT2D eigenvalue weighted by Gasteiger charge is 2.54. The van der Waals surface area contributed by atoms with Crippen molar-refractivity contribution in [2.45, 2.75) is 45.1 Å². The quantitative estimate of drug-likeness (QED) is 0.566. The third-order valence-corrected chi connectivity index (χ3v) is 5.45. The van der Waals surface area contributed by atoms with Crippen LogP contribution in [0.5, 0.6) is 5.88 Å². The molecule has 3 rings (SSSR count). The standard InChI is InChI=1S/C20H26F3N5O3/c1-10(2)31-13-4-3-12(9-26-13)28-7-5-11(6-8-28)16(24)14-15(20(21,22)23)17(29)19(30)27-18(14)25/h3-4,9-11,15,17,29H,5-8,24H2,1-2H3,(H2,25,27,30)/t15?,17-/m1/s1. The number of pyridine rings is 1.